The maximum Gasteiger partial charge on any atom is 0.267 e. The first-order chi connectivity index (χ1) is 23.6. The van der Waals surface area contributed by atoms with Crippen molar-refractivity contribution < 1.29 is 9.59 Å². The maximum absolute atomic E-state index is 12.6. The highest BCUT2D eigenvalue weighted by Gasteiger charge is 2.58. The Bertz CT molecular complexity index is 1810. The summed E-state index contributed by atoms with van der Waals surface area (Å²) in [6.07, 6.45) is 18.7. The Labute approximate surface area is 297 Å². The summed E-state index contributed by atoms with van der Waals surface area (Å²) in [5.41, 5.74) is 7.80. The number of fused-ring (bicyclic) bond motifs is 6. The summed E-state index contributed by atoms with van der Waals surface area (Å²) in [5, 5.41) is 4.26. The molecule has 5 nitrogen and oxygen atoms in total. The number of ketones is 1. The van der Waals surface area contributed by atoms with Crippen LogP contribution in [0.25, 0.3) is 5.57 Å². The van der Waals surface area contributed by atoms with E-state index in [-0.39, 0.29) is 17.2 Å². The third-order valence-corrected chi connectivity index (χ3v) is 10.6. The van der Waals surface area contributed by atoms with E-state index in [1.165, 1.54) is 21.7 Å². The Hall–Kier alpha value is -4.39. The van der Waals surface area contributed by atoms with Crippen molar-refractivity contribution in [3.05, 3.63) is 153 Å². The normalized spacial score (nSPS) is 22.6. The van der Waals surface area contributed by atoms with Gasteiger partial charge in [-0.1, -0.05) is 131 Å². The maximum atomic E-state index is 12.6. The average Bonchev–Trinajstić information content (AvgIpc) is 3.43. The Morgan fingerprint density at radius 1 is 1.02 bits per heavy atom. The summed E-state index contributed by atoms with van der Waals surface area (Å²) < 4.78 is 0. The third kappa shape index (κ3) is 7.92. The quantitative estimate of drug-likeness (QED) is 0.0849. The second-order valence-electron chi connectivity index (χ2n) is 12.7. The van der Waals surface area contributed by atoms with Gasteiger partial charge in [-0.3, -0.25) is 14.6 Å². The number of rotatable bonds is 8. The van der Waals surface area contributed by atoms with Crippen LogP contribution in [0.15, 0.2) is 126 Å². The van der Waals surface area contributed by atoms with Gasteiger partial charge in [-0.25, -0.2) is 10.8 Å². The molecular formula is C43H51N3O2S. The van der Waals surface area contributed by atoms with E-state index in [0.717, 1.165) is 21.8 Å². The molecule has 2 N–H and O–H groups in total. The van der Waals surface area contributed by atoms with Crippen LogP contribution in [0, 0.1) is 24.7 Å². The molecule has 0 radical (unpaired) electrons. The lowest BCUT2D eigenvalue weighted by molar-refractivity contribution is -0.127. The number of carbonyl (C=O) groups is 2. The Morgan fingerprint density at radius 2 is 1.71 bits per heavy atom. The lowest BCUT2D eigenvalue weighted by atomic mass is 9.43. The largest absolute Gasteiger partial charge is 0.300 e. The van der Waals surface area contributed by atoms with Gasteiger partial charge >= 0.3 is 0 Å². The number of aryl methyl sites for hydroxylation is 1. The van der Waals surface area contributed by atoms with Crippen LogP contribution in [0.3, 0.4) is 0 Å². The zero-order valence-electron chi connectivity index (χ0n) is 30.2. The van der Waals surface area contributed by atoms with Crippen LogP contribution in [-0.4, -0.2) is 21.7 Å². The molecule has 3 aliphatic carbocycles. The number of hydrogen-bond donors (Lipinski definition) is 1. The van der Waals surface area contributed by atoms with Gasteiger partial charge < -0.3 is 0 Å². The van der Waals surface area contributed by atoms with E-state index in [2.05, 4.69) is 73.5 Å². The molecule has 0 fully saturated rings. The molecule has 5 atom stereocenters. The molecule has 3 aliphatic rings. The highest BCUT2D eigenvalue weighted by atomic mass is 32.1. The molecule has 0 aliphatic heterocycles. The van der Waals surface area contributed by atoms with Gasteiger partial charge in [0.15, 0.2) is 0 Å². The lowest BCUT2D eigenvalue weighted by Crippen LogP contribution is -2.54. The molecule has 5 unspecified atom stereocenters. The lowest BCUT2D eigenvalue weighted by Gasteiger charge is -2.59. The van der Waals surface area contributed by atoms with Gasteiger partial charge in [-0.05, 0) is 73.4 Å². The van der Waals surface area contributed by atoms with Crippen molar-refractivity contribution in [2.45, 2.75) is 73.3 Å². The Morgan fingerprint density at radius 3 is 2.35 bits per heavy atom. The summed E-state index contributed by atoms with van der Waals surface area (Å²) in [6, 6.07) is 18.5. The summed E-state index contributed by atoms with van der Waals surface area (Å²) in [7, 11) is 0. The topological polar surface area (TPSA) is 76.3 Å². The fourth-order valence-electron chi connectivity index (χ4n) is 7.47. The van der Waals surface area contributed by atoms with Crippen molar-refractivity contribution in [1.82, 2.24) is 9.99 Å². The first kappa shape index (κ1) is 37.4. The molecule has 6 heteroatoms. The van der Waals surface area contributed by atoms with Crippen molar-refractivity contribution in [2.75, 3.05) is 0 Å². The molecular weight excluding hydrogens is 623 g/mol. The first-order valence-corrected chi connectivity index (χ1v) is 18.2. The van der Waals surface area contributed by atoms with Crippen LogP contribution >= 0.6 is 11.3 Å². The van der Waals surface area contributed by atoms with Crippen LogP contribution in [0.2, 0.25) is 0 Å². The second-order valence-corrected chi connectivity index (χ2v) is 13.8. The highest BCUT2D eigenvalue weighted by Crippen LogP contribution is 2.65. The third-order valence-electron chi connectivity index (χ3n) is 9.87. The summed E-state index contributed by atoms with van der Waals surface area (Å²) >= 11 is 1.60. The summed E-state index contributed by atoms with van der Waals surface area (Å²) in [4.78, 5) is 29.2. The summed E-state index contributed by atoms with van der Waals surface area (Å²) in [6.45, 7) is 16.4. The Kier molecular flexibility index (Phi) is 12.8. The number of hydrazine groups is 1. The van der Waals surface area contributed by atoms with E-state index in [1.807, 2.05) is 82.5 Å². The minimum atomic E-state index is -0.215. The molecule has 2 aromatic carbocycles. The molecule has 2 bridgehead atoms. The second kappa shape index (κ2) is 16.8. The number of nitrogens with two attached hydrogens (primary N) is 1. The molecule has 0 saturated heterocycles. The van der Waals surface area contributed by atoms with Gasteiger partial charge in [0.05, 0.1) is 17.2 Å². The van der Waals surface area contributed by atoms with Crippen LogP contribution < -0.4 is 5.84 Å². The number of Topliss-reactive ketones (excluding diaryl/α,β-unsaturated/α-hetero) is 1. The molecule has 6 rings (SSSR count). The van der Waals surface area contributed by atoms with Crippen LogP contribution in [0.5, 0.6) is 0 Å². The highest BCUT2D eigenvalue weighted by molar-refractivity contribution is 7.09. The molecule has 1 aromatic heterocycles. The fraction of sp³-hybridized carbons (Fsp3) is 0.326. The number of amides is 1. The first-order valence-electron chi connectivity index (χ1n) is 17.3. The Balaban J connectivity index is 0.000000211. The fourth-order valence-corrected chi connectivity index (χ4v) is 8.09. The van der Waals surface area contributed by atoms with Crippen molar-refractivity contribution in [3.8, 4) is 0 Å². The number of benzene rings is 2. The number of hydrogen-bond acceptors (Lipinski definition) is 5. The van der Waals surface area contributed by atoms with Gasteiger partial charge in [0.2, 0.25) is 0 Å². The number of allylic oxidation sites excluding steroid dienone is 10. The van der Waals surface area contributed by atoms with Crippen molar-refractivity contribution in [2.24, 2.45) is 23.6 Å². The van der Waals surface area contributed by atoms with Crippen LogP contribution in [-0.2, 0) is 21.5 Å². The van der Waals surface area contributed by atoms with Gasteiger partial charge in [0, 0.05) is 28.2 Å². The van der Waals surface area contributed by atoms with Gasteiger partial charge in [0.1, 0.15) is 5.78 Å². The molecule has 1 heterocycles. The molecule has 49 heavy (non-hydrogen) atoms. The molecule has 3 aromatic rings. The standard InChI is InChI=1S/C21H22O.C20H23N3OS.C2H6/c1-13(14(2)22)19-15-8-4-5-9-16(12-15)20-17-10-6-7-11-18(17)21(19,20)3;1-4-17(19-14-25-15(3)22-19)11-12-18(5-2)20(24)23(21)13-16-9-7-6-8-10-16;1-2/h4-13,15,19-20H,1-3H3;4-12,14H,13,21H2,1-3H3;1-2H3/b;12-11-,17-4+,18-5+;. The van der Waals surface area contributed by atoms with E-state index in [9.17, 15) is 9.59 Å². The van der Waals surface area contributed by atoms with Crippen molar-refractivity contribution >= 4 is 28.6 Å². The molecule has 0 spiro atoms. The monoisotopic (exact) mass is 673 g/mol. The zero-order chi connectivity index (χ0) is 35.7. The zero-order valence-corrected chi connectivity index (χ0v) is 31.0. The predicted octanol–water partition coefficient (Wildman–Crippen LogP) is 9.85. The minimum absolute atomic E-state index is 0.0649. The van der Waals surface area contributed by atoms with E-state index >= 15 is 0 Å². The number of nitrogens with zero attached hydrogens (tertiary/aromatic N) is 2. The van der Waals surface area contributed by atoms with Gasteiger partial charge in [0.25, 0.3) is 5.91 Å². The number of carbonyl (C=O) groups excluding carboxylic acids is 2. The average molecular weight is 674 g/mol. The predicted molar refractivity (Wildman–Crippen MR) is 206 cm³/mol. The van der Waals surface area contributed by atoms with Crippen LogP contribution in [0.4, 0.5) is 0 Å². The number of thiazole rings is 1. The molecule has 1 amide bonds. The van der Waals surface area contributed by atoms with E-state index in [4.69, 9.17) is 5.84 Å². The van der Waals surface area contributed by atoms with E-state index in [0.29, 0.717) is 35.7 Å². The minimum Gasteiger partial charge on any atom is -0.300 e. The van der Waals surface area contributed by atoms with Crippen molar-refractivity contribution in [1.29, 1.82) is 0 Å². The van der Waals surface area contributed by atoms with E-state index in [1.54, 1.807) is 30.4 Å². The smallest absolute Gasteiger partial charge is 0.267 e. The van der Waals surface area contributed by atoms with Crippen molar-refractivity contribution in [3.63, 3.8) is 0 Å². The summed E-state index contributed by atoms with van der Waals surface area (Å²) in [5.74, 6) is 7.24. The van der Waals surface area contributed by atoms with Crippen LogP contribution in [0.1, 0.15) is 81.8 Å². The van der Waals surface area contributed by atoms with E-state index < -0.39 is 0 Å². The van der Waals surface area contributed by atoms with Gasteiger partial charge in [-0.2, -0.15) is 0 Å². The number of aromatic nitrogens is 1. The van der Waals surface area contributed by atoms with Gasteiger partial charge in [-0.15, -0.1) is 11.3 Å². The molecule has 256 valence electrons. The SMILES string of the molecule is CC.CC(=O)C(C)C1C2C=CC=CC(=C2)C2c3ccccc3C21C.C\C=C(/C=C\C(=C/C)c1csc(C)n1)C(=O)N(N)Cc1ccccc1. The molecule has 0 saturated carbocycles.